The smallest absolute Gasteiger partial charge is 0.242 e. The second kappa shape index (κ2) is 5.41. The molecule has 1 unspecified atom stereocenters. The van der Waals surface area contributed by atoms with E-state index in [1.54, 1.807) is 0 Å². The molecule has 0 radical (unpaired) electrons. The molecule has 4 nitrogen and oxygen atoms in total. The zero-order valence-electron chi connectivity index (χ0n) is 10.0. The Bertz CT molecular complexity index is 459. The van der Waals surface area contributed by atoms with Gasteiger partial charge < -0.3 is 16.0 Å². The zero-order valence-corrected chi connectivity index (χ0v) is 10.0. The number of hydrogen-bond donors (Lipinski definition) is 3. The summed E-state index contributed by atoms with van der Waals surface area (Å²) in [6.45, 7) is 3.39. The predicted molar refractivity (Wildman–Crippen MR) is 64.4 cm³/mol. The quantitative estimate of drug-likeness (QED) is 0.732. The van der Waals surface area contributed by atoms with Crippen molar-refractivity contribution in [3.05, 3.63) is 29.3 Å². The number of hydrogen-bond acceptors (Lipinski definition) is 3. The van der Waals surface area contributed by atoms with E-state index in [1.807, 2.05) is 0 Å². The number of amides is 1. The summed E-state index contributed by atoms with van der Waals surface area (Å²) in [6.07, 6.45) is 0. The van der Waals surface area contributed by atoms with Crippen molar-refractivity contribution in [3.8, 4) is 0 Å². The zero-order chi connectivity index (χ0) is 13.1. The molecule has 1 heterocycles. The van der Waals surface area contributed by atoms with Crippen molar-refractivity contribution in [2.24, 2.45) is 0 Å². The first kappa shape index (κ1) is 12.9. The standard InChI is InChI=1S/C12H15F2N3O/c1-7-2-3-8(13)11(10(7)14)17-12(18)9-6-15-4-5-16-9/h2-3,9,15-16H,4-6H2,1H3,(H,17,18). The number of benzene rings is 1. The van der Waals surface area contributed by atoms with Crippen LogP contribution < -0.4 is 16.0 Å². The second-order valence-corrected chi connectivity index (χ2v) is 4.25. The Hall–Kier alpha value is -1.53. The van der Waals surface area contributed by atoms with Crippen LogP contribution in [0.4, 0.5) is 14.5 Å². The lowest BCUT2D eigenvalue weighted by molar-refractivity contribution is -0.118. The molecule has 98 valence electrons. The number of halogens is 2. The number of aryl methyl sites for hydroxylation is 1. The molecule has 6 heteroatoms. The summed E-state index contributed by atoms with van der Waals surface area (Å²) in [6, 6.07) is 2.00. The third kappa shape index (κ3) is 2.65. The Morgan fingerprint density at radius 3 is 2.83 bits per heavy atom. The molecule has 1 amide bonds. The van der Waals surface area contributed by atoms with Gasteiger partial charge in [0, 0.05) is 19.6 Å². The van der Waals surface area contributed by atoms with Crippen LogP contribution in [0.25, 0.3) is 0 Å². The van der Waals surface area contributed by atoms with E-state index in [9.17, 15) is 13.6 Å². The van der Waals surface area contributed by atoms with E-state index in [1.165, 1.54) is 13.0 Å². The Morgan fingerprint density at radius 1 is 1.39 bits per heavy atom. The van der Waals surface area contributed by atoms with Gasteiger partial charge in [-0.25, -0.2) is 8.78 Å². The summed E-state index contributed by atoms with van der Waals surface area (Å²) in [7, 11) is 0. The summed E-state index contributed by atoms with van der Waals surface area (Å²) in [4.78, 5) is 11.8. The number of carbonyl (C=O) groups excluding carboxylic acids is 1. The SMILES string of the molecule is Cc1ccc(F)c(NC(=O)C2CNCCN2)c1F. The Kier molecular flexibility index (Phi) is 3.88. The highest BCUT2D eigenvalue weighted by molar-refractivity contribution is 5.95. The van der Waals surface area contributed by atoms with Gasteiger partial charge in [0.15, 0.2) is 5.82 Å². The Labute approximate surface area is 104 Å². The van der Waals surface area contributed by atoms with Gasteiger partial charge in [-0.15, -0.1) is 0 Å². The van der Waals surface area contributed by atoms with Gasteiger partial charge in [0.1, 0.15) is 11.5 Å². The van der Waals surface area contributed by atoms with E-state index in [-0.39, 0.29) is 5.69 Å². The summed E-state index contributed by atoms with van der Waals surface area (Å²) in [5.74, 6) is -1.94. The van der Waals surface area contributed by atoms with Crippen molar-refractivity contribution in [3.63, 3.8) is 0 Å². The van der Waals surface area contributed by atoms with Crippen molar-refractivity contribution in [2.45, 2.75) is 13.0 Å². The molecule has 1 atom stereocenters. The van der Waals surface area contributed by atoms with Crippen molar-refractivity contribution in [1.82, 2.24) is 10.6 Å². The molecule has 1 aliphatic rings. The van der Waals surface area contributed by atoms with Crippen molar-refractivity contribution < 1.29 is 13.6 Å². The van der Waals surface area contributed by atoms with E-state index < -0.39 is 23.6 Å². The van der Waals surface area contributed by atoms with E-state index in [2.05, 4.69) is 16.0 Å². The molecule has 0 bridgehead atoms. The molecule has 3 N–H and O–H groups in total. The molecule has 1 aliphatic heterocycles. The monoisotopic (exact) mass is 255 g/mol. The molecule has 0 saturated carbocycles. The highest BCUT2D eigenvalue weighted by atomic mass is 19.1. The van der Waals surface area contributed by atoms with E-state index in [0.29, 0.717) is 18.7 Å². The van der Waals surface area contributed by atoms with Gasteiger partial charge in [0.2, 0.25) is 5.91 Å². The van der Waals surface area contributed by atoms with Crippen LogP contribution in [0.5, 0.6) is 0 Å². The molecule has 0 spiro atoms. The predicted octanol–water partition coefficient (Wildman–Crippen LogP) is 0.773. The van der Waals surface area contributed by atoms with Crippen molar-refractivity contribution in [1.29, 1.82) is 0 Å². The fourth-order valence-electron chi connectivity index (χ4n) is 1.82. The van der Waals surface area contributed by atoms with E-state index >= 15 is 0 Å². The topological polar surface area (TPSA) is 53.2 Å². The molecular weight excluding hydrogens is 240 g/mol. The first-order chi connectivity index (χ1) is 8.59. The lowest BCUT2D eigenvalue weighted by Gasteiger charge is -2.23. The van der Waals surface area contributed by atoms with Gasteiger partial charge in [-0.2, -0.15) is 0 Å². The van der Waals surface area contributed by atoms with Gasteiger partial charge in [-0.3, -0.25) is 4.79 Å². The third-order valence-corrected chi connectivity index (χ3v) is 2.89. The first-order valence-corrected chi connectivity index (χ1v) is 5.79. The number of piperazine rings is 1. The maximum Gasteiger partial charge on any atom is 0.242 e. The van der Waals surface area contributed by atoms with Crippen LogP contribution in [-0.4, -0.2) is 31.6 Å². The summed E-state index contributed by atoms with van der Waals surface area (Å²) in [5.41, 5.74) is -0.0891. The van der Waals surface area contributed by atoms with Crippen molar-refractivity contribution >= 4 is 11.6 Å². The minimum Gasteiger partial charge on any atom is -0.320 e. The van der Waals surface area contributed by atoms with Gasteiger partial charge in [0.05, 0.1) is 6.04 Å². The lowest BCUT2D eigenvalue weighted by Crippen LogP contribution is -2.54. The van der Waals surface area contributed by atoms with Crippen LogP contribution in [0.1, 0.15) is 5.56 Å². The number of nitrogens with one attached hydrogen (secondary N) is 3. The van der Waals surface area contributed by atoms with Crippen LogP contribution in [0.2, 0.25) is 0 Å². The summed E-state index contributed by atoms with van der Waals surface area (Å²) < 4.78 is 27.2. The number of anilines is 1. The average Bonchev–Trinajstić information content (AvgIpc) is 2.40. The highest BCUT2D eigenvalue weighted by Crippen LogP contribution is 2.21. The molecule has 1 fully saturated rings. The van der Waals surface area contributed by atoms with Crippen LogP contribution in [0.15, 0.2) is 12.1 Å². The van der Waals surface area contributed by atoms with Crippen LogP contribution in [-0.2, 0) is 4.79 Å². The minimum atomic E-state index is -0.768. The molecule has 2 rings (SSSR count). The molecule has 1 saturated heterocycles. The van der Waals surface area contributed by atoms with Gasteiger partial charge in [-0.1, -0.05) is 6.07 Å². The van der Waals surface area contributed by atoms with Gasteiger partial charge in [0.25, 0.3) is 0 Å². The summed E-state index contributed by atoms with van der Waals surface area (Å²) in [5, 5.41) is 8.30. The normalized spacial score (nSPS) is 19.6. The maximum atomic E-state index is 13.7. The number of rotatable bonds is 2. The molecule has 0 aromatic heterocycles. The molecule has 1 aromatic carbocycles. The van der Waals surface area contributed by atoms with Gasteiger partial charge in [-0.05, 0) is 18.6 Å². The lowest BCUT2D eigenvalue weighted by atomic mass is 10.1. The van der Waals surface area contributed by atoms with Crippen molar-refractivity contribution in [2.75, 3.05) is 25.0 Å². The van der Waals surface area contributed by atoms with E-state index in [0.717, 1.165) is 12.6 Å². The molecule has 1 aromatic rings. The molecule has 18 heavy (non-hydrogen) atoms. The summed E-state index contributed by atoms with van der Waals surface area (Å²) >= 11 is 0. The van der Waals surface area contributed by atoms with Crippen LogP contribution in [0.3, 0.4) is 0 Å². The third-order valence-electron chi connectivity index (χ3n) is 2.89. The Morgan fingerprint density at radius 2 is 2.17 bits per heavy atom. The fourth-order valence-corrected chi connectivity index (χ4v) is 1.82. The van der Waals surface area contributed by atoms with E-state index in [4.69, 9.17) is 0 Å². The minimum absolute atomic E-state index is 0.293. The molecular formula is C12H15F2N3O. The van der Waals surface area contributed by atoms with Crippen LogP contribution in [0, 0.1) is 18.6 Å². The average molecular weight is 255 g/mol. The number of carbonyl (C=O) groups is 1. The first-order valence-electron chi connectivity index (χ1n) is 5.79. The van der Waals surface area contributed by atoms with Gasteiger partial charge >= 0.3 is 0 Å². The Balaban J connectivity index is 2.13. The molecule has 0 aliphatic carbocycles. The fraction of sp³-hybridized carbons (Fsp3) is 0.417. The largest absolute Gasteiger partial charge is 0.320 e. The second-order valence-electron chi connectivity index (χ2n) is 4.25. The highest BCUT2D eigenvalue weighted by Gasteiger charge is 2.22. The maximum absolute atomic E-state index is 13.7. The van der Waals surface area contributed by atoms with Crippen LogP contribution >= 0.6 is 0 Å².